The smallest absolute Gasteiger partial charge is 0.460 e. The summed E-state index contributed by atoms with van der Waals surface area (Å²) in [5.74, 6) is -16.4. The van der Waals surface area contributed by atoms with Gasteiger partial charge in [0.05, 0.1) is 0 Å². The number of Topliss-reactive ketones (excluding diaryl/α,β-unsaturated/α-hetero) is 6. The zero-order chi connectivity index (χ0) is 77.9. The van der Waals surface area contributed by atoms with Gasteiger partial charge in [0, 0.05) is 14.2 Å². The zero-order valence-electron chi connectivity index (χ0n) is 60.6. The maximum absolute atomic E-state index is 13.8. The number of ether oxygens (including phenoxy) is 5. The van der Waals surface area contributed by atoms with Gasteiger partial charge < -0.3 is 28.9 Å². The number of ketones is 6. The van der Waals surface area contributed by atoms with Crippen LogP contribution in [0.15, 0.2) is 0 Å². The Hall–Kier alpha value is -7.98. The third-order valence-corrected chi connectivity index (χ3v) is 14.7. The van der Waals surface area contributed by atoms with Gasteiger partial charge in [0.15, 0.2) is 0 Å². The van der Waals surface area contributed by atoms with Gasteiger partial charge >= 0.3 is 495 Å². The van der Waals surface area contributed by atoms with Crippen molar-refractivity contribution in [3.8, 4) is 0 Å². The van der Waals surface area contributed by atoms with Crippen molar-refractivity contribution >= 4 is 123 Å². The molecule has 0 saturated carbocycles. The first-order chi connectivity index (χ1) is 48.0. The van der Waals surface area contributed by atoms with Gasteiger partial charge in [-0.2, -0.15) is 0 Å². The van der Waals surface area contributed by atoms with Crippen LogP contribution in [0.25, 0.3) is 0 Å². The van der Waals surface area contributed by atoms with Gasteiger partial charge in [0.25, 0.3) is 0 Å². The second-order valence-corrected chi connectivity index (χ2v) is 25.8. The number of carbonyl (C=O) groups excluding carboxylic acids is 15. The fourth-order valence-corrected chi connectivity index (χ4v) is 9.84. The van der Waals surface area contributed by atoms with Gasteiger partial charge in [-0.3, -0.25) is 9.59 Å². The zero-order valence-corrected chi connectivity index (χ0v) is 60.6. The van der Waals surface area contributed by atoms with Crippen molar-refractivity contribution in [1.82, 2.24) is 21.3 Å². The Labute approximate surface area is 597 Å². The number of rotatable bonds is 58. The van der Waals surface area contributed by atoms with Gasteiger partial charge in [-0.05, 0) is 34.6 Å². The van der Waals surface area contributed by atoms with Crippen LogP contribution in [0.5, 0.6) is 0 Å². The van der Waals surface area contributed by atoms with E-state index in [9.17, 15) is 81.8 Å². The third kappa shape index (κ3) is 48.8. The van der Waals surface area contributed by atoms with Crippen molar-refractivity contribution in [3.63, 3.8) is 0 Å². The van der Waals surface area contributed by atoms with Crippen molar-refractivity contribution in [2.24, 2.45) is 35.5 Å². The second-order valence-electron chi connectivity index (χ2n) is 25.8. The Balaban J connectivity index is 0. The molecule has 0 aromatic heterocycles. The van der Waals surface area contributed by atoms with E-state index in [2.05, 4.69) is 39.9 Å². The molecule has 0 saturated heterocycles. The minimum Gasteiger partial charge on any atom is -0.460 e. The minimum atomic E-state index is -1.31. The first-order valence-electron chi connectivity index (χ1n) is 33.6. The van der Waals surface area contributed by atoms with Crippen molar-refractivity contribution in [2.45, 2.75) is 220 Å². The Morgan fingerprint density at radius 1 is 0.382 bits per heavy atom. The molecule has 102 heavy (non-hydrogen) atoms. The van der Waals surface area contributed by atoms with Gasteiger partial charge in [-0.25, -0.2) is 0 Å². The van der Waals surface area contributed by atoms with Crippen molar-refractivity contribution in [1.29, 1.82) is 21.2 Å². The second kappa shape index (κ2) is 55.6. The first kappa shape index (κ1) is 96.1. The summed E-state index contributed by atoms with van der Waals surface area (Å²) >= 11 is 0. The van der Waals surface area contributed by atoms with E-state index >= 15 is 0 Å². The number of hydrogen-bond donors (Lipinski definition) is 9. The van der Waals surface area contributed by atoms with Crippen LogP contribution in [0.3, 0.4) is 0 Å². The summed E-state index contributed by atoms with van der Waals surface area (Å²) in [6.07, 6.45) is -4.18. The van der Waals surface area contributed by atoms with E-state index in [0.29, 0.717) is 68.4 Å². The molecule has 8 atom stereocenters. The summed E-state index contributed by atoms with van der Waals surface area (Å²) in [7, 11) is 4.73. The Morgan fingerprint density at radius 2 is 0.696 bits per heavy atom. The maximum atomic E-state index is 13.8. The first-order valence-corrected chi connectivity index (χ1v) is 33.6. The van der Waals surface area contributed by atoms with E-state index in [1.165, 1.54) is 28.1 Å². The summed E-state index contributed by atoms with van der Waals surface area (Å²) in [5.41, 5.74) is -0.836. The molecule has 0 aliphatic carbocycles. The van der Waals surface area contributed by atoms with Crippen LogP contribution in [0.2, 0.25) is 0 Å². The topological polar surface area (TPSA) is 520 Å². The van der Waals surface area contributed by atoms with Crippen LogP contribution < -0.4 is 21.3 Å². The molecule has 34 nitrogen and oxygen atoms in total. The van der Waals surface area contributed by atoms with Crippen molar-refractivity contribution in [3.05, 3.63) is 0 Å². The van der Waals surface area contributed by atoms with Gasteiger partial charge in [0.2, 0.25) is 0 Å². The SMILES string of the molecule is COCCOCCCC(=O)[C@@H](CCC(=O)OB=N)NC(=O)[C@H](CCC(=O)OB=N)CC(=O)[C@@H](CC(C)C)NC(=O)[C@@H](CC(C)=O)CC(=O)O.COCCOCCCC(=O)[C@@H](CCC(=O)OB=N)NC(=O)[C@H](CCC(=O)OB=N)CC(=O)[C@@H](CC(C)C)NC(=O)[C@@H](CC(C)=O)CC(=O)OC(C)(C)C. The van der Waals surface area contributed by atoms with Crippen LogP contribution in [0, 0.1) is 56.8 Å². The van der Waals surface area contributed by atoms with Crippen LogP contribution in [0.4, 0.5) is 0 Å². The van der Waals surface area contributed by atoms with Crippen molar-refractivity contribution < 1.29 is 124 Å². The summed E-state index contributed by atoms with van der Waals surface area (Å²) < 4.78 is 44.0. The van der Waals surface area contributed by atoms with E-state index in [1.54, 1.807) is 48.5 Å². The predicted octanol–water partition coefficient (Wildman–Crippen LogP) is 3.40. The fourth-order valence-electron chi connectivity index (χ4n) is 9.84. The summed E-state index contributed by atoms with van der Waals surface area (Å²) in [6, 6.07) is -4.72. The molecule has 0 aromatic carbocycles. The summed E-state index contributed by atoms with van der Waals surface area (Å²) in [5, 5.41) is 47.5. The summed E-state index contributed by atoms with van der Waals surface area (Å²) in [6.45, 7) is 16.4. The molecule has 0 radical (unpaired) electrons. The molecular formula is C64H104B4N8O26. The molecule has 0 heterocycles. The van der Waals surface area contributed by atoms with Crippen LogP contribution in [-0.2, 0) is 119 Å². The average Bonchev–Trinajstić information content (AvgIpc) is 0.865. The molecule has 0 spiro atoms. The van der Waals surface area contributed by atoms with Gasteiger partial charge in [-0.15, -0.1) is 0 Å². The van der Waals surface area contributed by atoms with Crippen LogP contribution >= 0.6 is 0 Å². The number of aliphatic carboxylic acids is 1. The molecular weight excluding hydrogens is 1340 g/mol. The number of nitrogens with one attached hydrogen (secondary N) is 8. The molecule has 568 valence electrons. The standard InChI is InChI=1S/C34H56B2N4O13.C30H48B2N4O13/c1-21(2)17-26(40-33(48)24(18-22(3)41)20-31(46)51-34(4,5)6)28(43)19-23(10-12-29(44)52-35-37)32(47)39-25(11-13-30(45)53-36-38)27(42)9-8-14-50-16-15-49-7;1-18(2)14-23(36-30(45)21(15-19(3)37)17-26(40)41)25(39)16-20(7-9-27(42)48-31-33)29(44)35-22(8-10-28(43)49-32-34)24(38)6-5-11-47-13-12-46-4/h21,23-26,37-38H,8-20H2,1-7H3,(H,39,47)(H,40,48);18,20-23,33-34H,5-17H2,1-4H3,(H,35,44)(H,36,45)(H,40,41)/t23-,24+,25-,26-;20-,21+,22-,23-/m11/s1. The quantitative estimate of drug-likeness (QED) is 0.0239. The number of carboxylic acids is 1. The Morgan fingerprint density at radius 3 is 0.990 bits per heavy atom. The van der Waals surface area contributed by atoms with Gasteiger partial charge in [0.1, 0.15) is 17.2 Å². The number of amides is 4. The Kier molecular flexibility index (Phi) is 52.4. The number of esters is 1. The number of carbonyl (C=O) groups is 16. The van der Waals surface area contributed by atoms with E-state index in [4.69, 9.17) is 44.9 Å². The predicted molar refractivity (Wildman–Crippen MR) is 362 cm³/mol. The van der Waals surface area contributed by atoms with Gasteiger partial charge in [-0.1, -0.05) is 0 Å². The van der Waals surface area contributed by atoms with E-state index in [-0.39, 0.29) is 121 Å². The third-order valence-electron chi connectivity index (χ3n) is 14.7. The van der Waals surface area contributed by atoms with Crippen LogP contribution in [0.1, 0.15) is 191 Å². The number of methoxy groups -OCH3 is 2. The molecule has 0 bridgehead atoms. The van der Waals surface area contributed by atoms with E-state index < -0.39 is 167 Å². The molecule has 0 unspecified atom stereocenters. The molecule has 4 amide bonds. The average molecular weight is 1440 g/mol. The molecule has 0 rings (SSSR count). The molecule has 0 aromatic rings. The summed E-state index contributed by atoms with van der Waals surface area (Å²) in [4.78, 5) is 203. The molecule has 0 aliphatic rings. The normalized spacial score (nSPS) is 13.2. The molecule has 38 heteroatoms. The monoisotopic (exact) mass is 1440 g/mol. The molecule has 0 aliphatic heterocycles. The Bertz CT molecular complexity index is 2790. The minimum absolute atomic E-state index is 0.0278. The number of carboxylic acid groups (broad SMARTS) is 1. The molecule has 9 N–H and O–H groups in total. The van der Waals surface area contributed by atoms with E-state index in [1.807, 2.05) is 0 Å². The fraction of sp³-hybridized carbons (Fsp3) is 0.750. The van der Waals surface area contributed by atoms with Crippen molar-refractivity contribution in [2.75, 3.05) is 53.9 Å². The van der Waals surface area contributed by atoms with Crippen LogP contribution in [-0.4, -0.2) is 212 Å². The molecule has 0 fully saturated rings. The van der Waals surface area contributed by atoms with E-state index in [0.717, 1.165) is 0 Å². The number of hydrogen-bond acceptors (Lipinski definition) is 29.